The number of thiazole rings is 1. The van der Waals surface area contributed by atoms with Crippen LogP contribution in [0.15, 0.2) is 11.7 Å². The average Bonchev–Trinajstić information content (AvgIpc) is 2.37. The topological polar surface area (TPSA) is 30.0 Å². The van der Waals surface area contributed by atoms with E-state index in [1.807, 2.05) is 0 Å². The number of hydrogen-bond donors (Lipinski definition) is 0. The molecule has 0 aliphatic carbocycles. The fourth-order valence-corrected chi connectivity index (χ4v) is 1.20. The summed E-state index contributed by atoms with van der Waals surface area (Å²) < 4.78 is 0. The minimum Gasteiger partial charge on any atom is -0.292 e. The lowest BCUT2D eigenvalue weighted by molar-refractivity contribution is 0.102. The van der Waals surface area contributed by atoms with Crippen molar-refractivity contribution >= 4 is 41.1 Å². The molecular weight excluding hydrogens is 193 g/mol. The zero-order valence-electron chi connectivity index (χ0n) is 4.91. The van der Waals surface area contributed by atoms with Crippen molar-refractivity contribution in [3.8, 4) is 0 Å². The Bertz CT molecular complexity index is 199. The first-order valence-electron chi connectivity index (χ1n) is 2.32. The Hall–Kier alpha value is -0.120. The highest BCUT2D eigenvalue weighted by Gasteiger charge is 2.03. The Balaban J connectivity index is 0.000000810. The number of carbonyl (C=O) groups is 1. The van der Waals surface area contributed by atoms with Crippen LogP contribution in [-0.2, 0) is 0 Å². The van der Waals surface area contributed by atoms with Crippen molar-refractivity contribution in [3.05, 3.63) is 16.6 Å². The van der Waals surface area contributed by atoms with Crippen LogP contribution in [0.1, 0.15) is 9.67 Å². The first-order valence-corrected chi connectivity index (χ1v) is 3.73. The molecule has 0 spiro atoms. The van der Waals surface area contributed by atoms with E-state index >= 15 is 0 Å². The van der Waals surface area contributed by atoms with E-state index in [0.29, 0.717) is 4.88 Å². The van der Waals surface area contributed by atoms with Gasteiger partial charge < -0.3 is 0 Å². The standard InChI is InChI=1S/C5H4ClNOS.ClH/c6-1-4(8)5-2-7-3-9-5;/h2-3H,1H2;1H. The second-order valence-corrected chi connectivity index (χ2v) is 2.58. The number of carbonyl (C=O) groups excluding carboxylic acids is 1. The van der Waals surface area contributed by atoms with E-state index in [4.69, 9.17) is 11.6 Å². The van der Waals surface area contributed by atoms with Crippen LogP contribution in [-0.4, -0.2) is 16.6 Å². The van der Waals surface area contributed by atoms with Gasteiger partial charge in [-0.15, -0.1) is 35.3 Å². The van der Waals surface area contributed by atoms with E-state index in [9.17, 15) is 4.79 Å². The van der Waals surface area contributed by atoms with Crippen LogP contribution in [0.25, 0.3) is 0 Å². The molecule has 0 bridgehead atoms. The van der Waals surface area contributed by atoms with E-state index in [2.05, 4.69) is 4.98 Å². The molecule has 0 fully saturated rings. The van der Waals surface area contributed by atoms with Crippen molar-refractivity contribution in [1.29, 1.82) is 0 Å². The summed E-state index contributed by atoms with van der Waals surface area (Å²) in [5, 5.41) is 0. The molecule has 0 saturated carbocycles. The van der Waals surface area contributed by atoms with Gasteiger partial charge in [0, 0.05) is 6.20 Å². The molecule has 0 radical (unpaired) electrons. The van der Waals surface area contributed by atoms with Crippen LogP contribution < -0.4 is 0 Å². The highest BCUT2D eigenvalue weighted by atomic mass is 35.5. The van der Waals surface area contributed by atoms with E-state index in [1.54, 1.807) is 5.51 Å². The van der Waals surface area contributed by atoms with Gasteiger partial charge in [-0.2, -0.15) is 0 Å². The van der Waals surface area contributed by atoms with Crippen LogP contribution in [0.4, 0.5) is 0 Å². The van der Waals surface area contributed by atoms with E-state index in [-0.39, 0.29) is 24.1 Å². The molecule has 0 saturated heterocycles. The monoisotopic (exact) mass is 197 g/mol. The molecule has 0 aromatic carbocycles. The lowest BCUT2D eigenvalue weighted by Crippen LogP contribution is -1.95. The van der Waals surface area contributed by atoms with Crippen LogP contribution >= 0.6 is 35.3 Å². The molecular formula is C5H5Cl2NOS. The fourth-order valence-electron chi connectivity index (χ4n) is 0.419. The maximum atomic E-state index is 10.7. The Labute approximate surface area is 73.6 Å². The van der Waals surface area contributed by atoms with Crippen LogP contribution in [0, 0.1) is 0 Å². The number of alkyl halides is 1. The summed E-state index contributed by atoms with van der Waals surface area (Å²) in [7, 11) is 0. The van der Waals surface area contributed by atoms with E-state index < -0.39 is 0 Å². The van der Waals surface area contributed by atoms with Gasteiger partial charge in [0.15, 0.2) is 5.78 Å². The fraction of sp³-hybridized carbons (Fsp3) is 0.200. The summed E-state index contributed by atoms with van der Waals surface area (Å²) in [4.78, 5) is 15.1. The molecule has 0 amide bonds. The molecule has 0 aliphatic heterocycles. The smallest absolute Gasteiger partial charge is 0.189 e. The number of Topliss-reactive ketones (excluding diaryl/α,β-unsaturated/α-hetero) is 1. The van der Waals surface area contributed by atoms with Crippen LogP contribution in [0.3, 0.4) is 0 Å². The maximum absolute atomic E-state index is 10.7. The largest absolute Gasteiger partial charge is 0.292 e. The summed E-state index contributed by atoms with van der Waals surface area (Å²) >= 11 is 6.58. The van der Waals surface area contributed by atoms with Crippen molar-refractivity contribution in [2.24, 2.45) is 0 Å². The zero-order valence-corrected chi connectivity index (χ0v) is 7.30. The van der Waals surface area contributed by atoms with Crippen LogP contribution in [0.5, 0.6) is 0 Å². The number of rotatable bonds is 2. The number of hydrogen-bond acceptors (Lipinski definition) is 3. The van der Waals surface area contributed by atoms with Crippen molar-refractivity contribution in [1.82, 2.24) is 4.98 Å². The summed E-state index contributed by atoms with van der Waals surface area (Å²) in [6, 6.07) is 0. The predicted octanol–water partition coefficient (Wildman–Crippen LogP) is 1.99. The molecule has 5 heteroatoms. The number of nitrogens with zero attached hydrogens (tertiary/aromatic N) is 1. The SMILES string of the molecule is Cl.O=C(CCl)c1cncs1. The van der Waals surface area contributed by atoms with Gasteiger partial charge in [-0.3, -0.25) is 9.78 Å². The predicted molar refractivity (Wildman–Crippen MR) is 44.4 cm³/mol. The second-order valence-electron chi connectivity index (χ2n) is 1.42. The Morgan fingerprint density at radius 1 is 1.80 bits per heavy atom. The van der Waals surface area contributed by atoms with Gasteiger partial charge in [-0.05, 0) is 0 Å². The lowest BCUT2D eigenvalue weighted by Gasteiger charge is -1.83. The first kappa shape index (κ1) is 9.88. The van der Waals surface area contributed by atoms with Gasteiger partial charge >= 0.3 is 0 Å². The normalized spacial score (nSPS) is 8.50. The molecule has 0 unspecified atom stereocenters. The summed E-state index contributed by atoms with van der Waals surface area (Å²) in [6.07, 6.45) is 1.52. The van der Waals surface area contributed by atoms with Gasteiger partial charge in [0.2, 0.25) is 0 Å². The van der Waals surface area contributed by atoms with Gasteiger partial charge in [0.1, 0.15) is 0 Å². The van der Waals surface area contributed by atoms with E-state index in [0.717, 1.165) is 0 Å². The van der Waals surface area contributed by atoms with Crippen molar-refractivity contribution in [2.45, 2.75) is 0 Å². The Kier molecular flexibility index (Phi) is 4.60. The molecule has 56 valence electrons. The number of aromatic nitrogens is 1. The third-order valence-electron chi connectivity index (χ3n) is 0.829. The van der Waals surface area contributed by atoms with Gasteiger partial charge in [-0.1, -0.05) is 0 Å². The molecule has 0 N–H and O–H groups in total. The van der Waals surface area contributed by atoms with E-state index in [1.165, 1.54) is 17.5 Å². The van der Waals surface area contributed by atoms with Gasteiger partial charge in [0.25, 0.3) is 0 Å². The third kappa shape index (κ3) is 2.25. The molecule has 0 atom stereocenters. The Morgan fingerprint density at radius 3 is 2.90 bits per heavy atom. The number of ketones is 1. The zero-order chi connectivity index (χ0) is 6.69. The first-order chi connectivity index (χ1) is 4.34. The summed E-state index contributed by atoms with van der Waals surface area (Å²) in [5.41, 5.74) is 1.61. The molecule has 1 heterocycles. The quantitative estimate of drug-likeness (QED) is 0.537. The van der Waals surface area contributed by atoms with Crippen molar-refractivity contribution in [2.75, 3.05) is 5.88 Å². The molecule has 10 heavy (non-hydrogen) atoms. The third-order valence-corrected chi connectivity index (χ3v) is 1.89. The summed E-state index contributed by atoms with van der Waals surface area (Å²) in [5.74, 6) is -0.0125. The molecule has 2 nitrogen and oxygen atoms in total. The minimum atomic E-state index is -0.0563. The maximum Gasteiger partial charge on any atom is 0.189 e. The highest BCUT2D eigenvalue weighted by Crippen LogP contribution is 2.06. The highest BCUT2D eigenvalue weighted by molar-refractivity contribution is 7.11. The molecule has 1 rings (SSSR count). The summed E-state index contributed by atoms with van der Waals surface area (Å²) in [6.45, 7) is 0. The lowest BCUT2D eigenvalue weighted by atomic mass is 10.4. The van der Waals surface area contributed by atoms with Crippen LogP contribution in [0.2, 0.25) is 0 Å². The Morgan fingerprint density at radius 2 is 2.50 bits per heavy atom. The van der Waals surface area contributed by atoms with Crippen molar-refractivity contribution < 1.29 is 4.79 Å². The average molecular weight is 198 g/mol. The van der Waals surface area contributed by atoms with Gasteiger partial charge in [0.05, 0.1) is 16.3 Å². The molecule has 1 aromatic rings. The minimum absolute atomic E-state index is 0. The molecule has 0 aliphatic rings. The molecule has 1 aromatic heterocycles. The number of halogens is 2. The second kappa shape index (κ2) is 4.66. The van der Waals surface area contributed by atoms with Gasteiger partial charge in [-0.25, -0.2) is 0 Å². The van der Waals surface area contributed by atoms with Crippen molar-refractivity contribution in [3.63, 3.8) is 0 Å².